The predicted octanol–water partition coefficient (Wildman–Crippen LogP) is 2.48. The smallest absolute Gasteiger partial charge is 0.369 e. The van der Waals surface area contributed by atoms with Gasteiger partial charge >= 0.3 is 6.18 Å². The first kappa shape index (κ1) is 12.3. The fourth-order valence-corrected chi connectivity index (χ4v) is 3.04. The number of rotatable bonds is 1. The molecule has 3 nitrogen and oxygen atoms in total. The third-order valence-electron chi connectivity index (χ3n) is 4.01. The lowest BCUT2D eigenvalue weighted by molar-refractivity contribution is -0.137. The van der Waals surface area contributed by atoms with Crippen LogP contribution in [0.4, 0.5) is 18.9 Å². The predicted molar refractivity (Wildman–Crippen MR) is 64.9 cm³/mol. The molecular weight excluding hydrogens is 254 g/mol. The third-order valence-corrected chi connectivity index (χ3v) is 4.01. The van der Waals surface area contributed by atoms with Crippen LogP contribution in [0.1, 0.15) is 5.56 Å². The molecule has 1 aromatic heterocycles. The summed E-state index contributed by atoms with van der Waals surface area (Å²) in [5.41, 5.74) is -0.0374. The summed E-state index contributed by atoms with van der Waals surface area (Å²) in [5, 5.41) is 8.75. The zero-order valence-electron chi connectivity index (χ0n) is 10.1. The van der Waals surface area contributed by atoms with E-state index < -0.39 is 11.7 Å². The second kappa shape index (κ2) is 3.89. The average molecular weight is 265 g/mol. The zero-order valence-corrected chi connectivity index (χ0v) is 10.1. The van der Waals surface area contributed by atoms with Gasteiger partial charge in [0.2, 0.25) is 0 Å². The highest BCUT2D eigenvalue weighted by molar-refractivity contribution is 6.70. The van der Waals surface area contributed by atoms with Gasteiger partial charge in [-0.2, -0.15) is 13.2 Å². The zero-order chi connectivity index (χ0) is 13.7. The van der Waals surface area contributed by atoms with Crippen molar-refractivity contribution < 1.29 is 13.2 Å². The Morgan fingerprint density at radius 2 is 2.00 bits per heavy atom. The molecule has 98 valence electrons. The third kappa shape index (κ3) is 2.05. The maximum atomic E-state index is 12.6. The number of aromatic nitrogens is 1. The molecule has 1 spiro atoms. The van der Waals surface area contributed by atoms with Gasteiger partial charge in [0.15, 0.2) is 0 Å². The van der Waals surface area contributed by atoms with Gasteiger partial charge in [-0.05, 0) is 11.5 Å². The average Bonchev–Trinajstić information content (AvgIpc) is 2.25. The van der Waals surface area contributed by atoms with E-state index in [1.54, 1.807) is 0 Å². The number of anilines is 1. The monoisotopic (exact) mass is 265 g/mol. The molecule has 0 aliphatic carbocycles. The van der Waals surface area contributed by atoms with Crippen LogP contribution >= 0.6 is 0 Å². The van der Waals surface area contributed by atoms with Crippen LogP contribution in [0.3, 0.4) is 0 Å². The van der Waals surface area contributed by atoms with Gasteiger partial charge < -0.3 is 4.90 Å². The van der Waals surface area contributed by atoms with Crippen LogP contribution < -0.4 is 4.90 Å². The van der Waals surface area contributed by atoms with Crippen molar-refractivity contribution in [3.05, 3.63) is 24.0 Å². The molecule has 0 N–H and O–H groups in total. The number of hydrogen-bond acceptors (Lipinski definition) is 3. The molecule has 7 heteroatoms. The Morgan fingerprint density at radius 1 is 1.32 bits per heavy atom. The Hall–Kier alpha value is -1.71. The van der Waals surface area contributed by atoms with E-state index in [2.05, 4.69) is 11.0 Å². The van der Waals surface area contributed by atoms with E-state index in [1.807, 2.05) is 4.90 Å². The first-order valence-corrected chi connectivity index (χ1v) is 6.09. The highest BCUT2D eigenvalue weighted by Gasteiger charge is 2.54. The van der Waals surface area contributed by atoms with Crippen molar-refractivity contribution in [3.8, 4) is 5.97 Å². The molecule has 0 saturated carbocycles. The van der Waals surface area contributed by atoms with Gasteiger partial charge in [-0.25, -0.2) is 5.26 Å². The summed E-state index contributed by atoms with van der Waals surface area (Å²) >= 11 is 0. The molecular formula is C12H11BF3N3. The minimum Gasteiger partial charge on any atom is -0.369 e. The van der Waals surface area contributed by atoms with Crippen LogP contribution in [0, 0.1) is 16.6 Å². The van der Waals surface area contributed by atoms with Crippen LogP contribution in [-0.2, 0) is 6.18 Å². The number of pyridine rings is 1. The fraction of sp³-hybridized carbons (Fsp3) is 0.500. The SMILES string of the molecule is N#CB1CC2(C1)CN(c1cncc(C(F)(F)F)c1)C2. The van der Waals surface area contributed by atoms with E-state index in [1.165, 1.54) is 6.20 Å². The Bertz CT molecular complexity index is 538. The fourth-order valence-electron chi connectivity index (χ4n) is 3.04. The Labute approximate surface area is 109 Å². The Balaban J connectivity index is 1.68. The molecule has 1 aromatic rings. The van der Waals surface area contributed by atoms with Gasteiger partial charge in [0.05, 0.1) is 17.4 Å². The maximum absolute atomic E-state index is 12.6. The summed E-state index contributed by atoms with van der Waals surface area (Å²) in [5.74, 6) is 2.23. The quantitative estimate of drug-likeness (QED) is 0.732. The summed E-state index contributed by atoms with van der Waals surface area (Å²) in [6.45, 7) is 1.59. The molecule has 0 aromatic carbocycles. The van der Waals surface area contributed by atoms with Gasteiger partial charge in [0.25, 0.3) is 6.71 Å². The van der Waals surface area contributed by atoms with E-state index in [0.29, 0.717) is 5.69 Å². The molecule has 19 heavy (non-hydrogen) atoms. The van der Waals surface area contributed by atoms with Gasteiger partial charge in [-0.15, -0.1) is 0 Å². The Morgan fingerprint density at radius 3 is 2.58 bits per heavy atom. The van der Waals surface area contributed by atoms with Crippen molar-refractivity contribution >= 4 is 12.4 Å². The van der Waals surface area contributed by atoms with Crippen molar-refractivity contribution in [1.82, 2.24) is 4.98 Å². The minimum absolute atomic E-state index is 0.127. The Kier molecular flexibility index (Phi) is 2.53. The highest BCUT2D eigenvalue weighted by atomic mass is 19.4. The number of nitrogens with zero attached hydrogens (tertiary/aromatic N) is 3. The highest BCUT2D eigenvalue weighted by Crippen LogP contribution is 2.50. The summed E-state index contributed by atoms with van der Waals surface area (Å²) < 4.78 is 37.8. The normalized spacial score (nSPS) is 20.7. The van der Waals surface area contributed by atoms with Crippen LogP contribution in [0.5, 0.6) is 0 Å². The lowest BCUT2D eigenvalue weighted by Gasteiger charge is -2.57. The lowest BCUT2D eigenvalue weighted by Crippen LogP contribution is -2.64. The van der Waals surface area contributed by atoms with Crippen molar-refractivity contribution in [2.24, 2.45) is 5.41 Å². The number of hydrogen-bond donors (Lipinski definition) is 0. The molecule has 2 aliphatic heterocycles. The van der Waals surface area contributed by atoms with Gasteiger partial charge in [0.1, 0.15) is 0 Å². The maximum Gasteiger partial charge on any atom is 0.417 e. The topological polar surface area (TPSA) is 39.9 Å². The van der Waals surface area contributed by atoms with Crippen LogP contribution in [-0.4, -0.2) is 24.8 Å². The van der Waals surface area contributed by atoms with Crippen LogP contribution in [0.25, 0.3) is 0 Å². The van der Waals surface area contributed by atoms with Gasteiger partial charge in [-0.3, -0.25) is 4.98 Å². The van der Waals surface area contributed by atoms with E-state index >= 15 is 0 Å². The molecule has 0 atom stereocenters. The second-order valence-electron chi connectivity index (χ2n) is 5.52. The van der Waals surface area contributed by atoms with Crippen molar-refractivity contribution in [2.75, 3.05) is 18.0 Å². The van der Waals surface area contributed by atoms with E-state index in [4.69, 9.17) is 5.26 Å². The van der Waals surface area contributed by atoms with Crippen molar-refractivity contribution in [3.63, 3.8) is 0 Å². The van der Waals surface area contributed by atoms with Gasteiger partial charge in [-0.1, -0.05) is 12.6 Å². The van der Waals surface area contributed by atoms with Crippen LogP contribution in [0.15, 0.2) is 18.5 Å². The summed E-state index contributed by atoms with van der Waals surface area (Å²) in [7, 11) is 0. The van der Waals surface area contributed by atoms with E-state index in [0.717, 1.165) is 38.0 Å². The largest absolute Gasteiger partial charge is 0.417 e. The standard InChI is InChI=1S/C12H11BF3N3/c14-12(15,16)9-1-10(3-18-2-9)19-6-11(7-19)4-13(5-11)8-17/h1-3H,4-7H2. The molecule has 0 unspecified atom stereocenters. The molecule has 0 radical (unpaired) electrons. The summed E-state index contributed by atoms with van der Waals surface area (Å²) in [4.78, 5) is 5.56. The summed E-state index contributed by atoms with van der Waals surface area (Å²) in [6.07, 6.45) is -0.316. The van der Waals surface area contributed by atoms with Gasteiger partial charge in [0, 0.05) is 25.3 Å². The number of nitriles is 1. The molecule has 2 saturated heterocycles. The minimum atomic E-state index is -4.35. The molecule has 3 rings (SSSR count). The van der Waals surface area contributed by atoms with E-state index in [9.17, 15) is 13.2 Å². The second-order valence-corrected chi connectivity index (χ2v) is 5.52. The van der Waals surface area contributed by atoms with Crippen molar-refractivity contribution in [1.29, 1.82) is 5.26 Å². The number of halogens is 3. The lowest BCUT2D eigenvalue weighted by atomic mass is 9.26. The van der Waals surface area contributed by atoms with Crippen molar-refractivity contribution in [2.45, 2.75) is 18.8 Å². The first-order chi connectivity index (χ1) is 8.92. The molecule has 2 aliphatic rings. The summed E-state index contributed by atoms with van der Waals surface area (Å²) in [6, 6.07) is 1.14. The number of alkyl halides is 3. The van der Waals surface area contributed by atoms with Crippen LogP contribution in [0.2, 0.25) is 12.6 Å². The first-order valence-electron chi connectivity index (χ1n) is 6.09. The molecule has 0 amide bonds. The molecule has 0 bridgehead atoms. The molecule has 3 heterocycles. The molecule has 2 fully saturated rings. The van der Waals surface area contributed by atoms with E-state index in [-0.39, 0.29) is 12.1 Å².